The molecule has 23 heavy (non-hydrogen) atoms. The monoisotopic (exact) mass is 364 g/mol. The van der Waals surface area contributed by atoms with Crippen LogP contribution in [0.5, 0.6) is 0 Å². The lowest BCUT2D eigenvalue weighted by Crippen LogP contribution is -2.02. The third kappa shape index (κ3) is 3.13. The van der Waals surface area contributed by atoms with E-state index >= 15 is 0 Å². The Morgan fingerprint density at radius 3 is 2.17 bits per heavy atom. The van der Waals surface area contributed by atoms with Crippen molar-refractivity contribution in [3.63, 3.8) is 0 Å². The molecule has 0 unspecified atom stereocenters. The van der Waals surface area contributed by atoms with Gasteiger partial charge in [-0.1, -0.05) is 46.9 Å². The van der Waals surface area contributed by atoms with E-state index in [1.54, 1.807) is 6.07 Å². The van der Waals surface area contributed by atoms with Gasteiger partial charge in [0.25, 0.3) is 0 Å². The fourth-order valence-corrected chi connectivity index (χ4v) is 3.29. The zero-order chi connectivity index (χ0) is 16.6. The van der Waals surface area contributed by atoms with Crippen LogP contribution in [0.2, 0.25) is 15.1 Å². The second-order valence-corrected chi connectivity index (χ2v) is 6.56. The molecule has 3 aromatic rings. The molecule has 0 fully saturated rings. The first-order chi connectivity index (χ1) is 11.0. The summed E-state index contributed by atoms with van der Waals surface area (Å²) in [5.41, 5.74) is 10.9. The molecular formula is C18H15Cl3N2. The van der Waals surface area contributed by atoms with Crippen LogP contribution in [0, 0.1) is 6.92 Å². The van der Waals surface area contributed by atoms with Gasteiger partial charge in [-0.05, 0) is 54.4 Å². The molecule has 0 saturated carbocycles. The van der Waals surface area contributed by atoms with Gasteiger partial charge in [0.1, 0.15) is 0 Å². The minimum atomic E-state index is 0.463. The van der Waals surface area contributed by atoms with Gasteiger partial charge in [0.15, 0.2) is 0 Å². The summed E-state index contributed by atoms with van der Waals surface area (Å²) in [7, 11) is 0. The first-order valence-electron chi connectivity index (χ1n) is 7.14. The van der Waals surface area contributed by atoms with Crippen LogP contribution in [-0.2, 0) is 6.54 Å². The van der Waals surface area contributed by atoms with E-state index in [1.807, 2.05) is 43.3 Å². The van der Waals surface area contributed by atoms with E-state index < -0.39 is 0 Å². The highest BCUT2D eigenvalue weighted by atomic mass is 35.5. The van der Waals surface area contributed by atoms with E-state index in [-0.39, 0.29) is 0 Å². The smallest absolute Gasteiger partial charge is 0.0661 e. The molecule has 118 valence electrons. The maximum Gasteiger partial charge on any atom is 0.0661 e. The Hall–Kier alpha value is -1.45. The molecule has 2 N–H and O–H groups in total. The van der Waals surface area contributed by atoms with Gasteiger partial charge < -0.3 is 10.3 Å². The number of nitrogens with two attached hydrogens (primary N) is 1. The quantitative estimate of drug-likeness (QED) is 0.618. The maximum absolute atomic E-state index is 6.42. The van der Waals surface area contributed by atoms with E-state index in [4.69, 9.17) is 40.5 Å². The van der Waals surface area contributed by atoms with Crippen molar-refractivity contribution in [2.45, 2.75) is 13.5 Å². The Labute approximate surface area is 150 Å². The van der Waals surface area contributed by atoms with E-state index in [2.05, 4.69) is 10.6 Å². The fraction of sp³-hybridized carbons (Fsp3) is 0.111. The van der Waals surface area contributed by atoms with Crippen molar-refractivity contribution in [3.05, 3.63) is 74.9 Å². The lowest BCUT2D eigenvalue weighted by atomic mass is 10.1. The SMILES string of the molecule is Cc1c(CN)cc(-c2ccc(Cl)cc2)n1-c1ccc(Cl)cc1Cl. The van der Waals surface area contributed by atoms with Crippen molar-refractivity contribution in [1.82, 2.24) is 4.57 Å². The van der Waals surface area contributed by atoms with Crippen molar-refractivity contribution in [2.75, 3.05) is 0 Å². The van der Waals surface area contributed by atoms with E-state index in [9.17, 15) is 0 Å². The first-order valence-corrected chi connectivity index (χ1v) is 8.27. The number of hydrogen-bond donors (Lipinski definition) is 1. The minimum Gasteiger partial charge on any atom is -0.326 e. The van der Waals surface area contributed by atoms with Crippen molar-refractivity contribution in [3.8, 4) is 16.9 Å². The average Bonchev–Trinajstić information content (AvgIpc) is 2.85. The topological polar surface area (TPSA) is 30.9 Å². The molecular weight excluding hydrogens is 351 g/mol. The Morgan fingerprint density at radius 2 is 1.57 bits per heavy atom. The summed E-state index contributed by atoms with van der Waals surface area (Å²) in [6.45, 7) is 2.50. The Kier molecular flexibility index (Phi) is 4.69. The van der Waals surface area contributed by atoms with Crippen LogP contribution in [0.3, 0.4) is 0 Å². The van der Waals surface area contributed by atoms with Gasteiger partial charge in [0.05, 0.1) is 16.4 Å². The van der Waals surface area contributed by atoms with E-state index in [1.165, 1.54) is 0 Å². The van der Waals surface area contributed by atoms with Crippen LogP contribution in [0.25, 0.3) is 16.9 Å². The standard InChI is InChI=1S/C18H15Cl3N2/c1-11-13(10-22)8-18(12-2-4-14(19)5-3-12)23(11)17-7-6-15(20)9-16(17)21/h2-9H,10,22H2,1H3. The predicted octanol–water partition coefficient (Wildman–Crippen LogP) is 5.87. The molecule has 1 heterocycles. The van der Waals surface area contributed by atoms with Gasteiger partial charge >= 0.3 is 0 Å². The summed E-state index contributed by atoms with van der Waals surface area (Å²) in [5.74, 6) is 0. The molecule has 5 heteroatoms. The third-order valence-corrected chi connectivity index (χ3v) is 4.65. The van der Waals surface area contributed by atoms with Crippen LogP contribution >= 0.6 is 34.8 Å². The van der Waals surface area contributed by atoms with Crippen molar-refractivity contribution >= 4 is 34.8 Å². The number of rotatable bonds is 3. The summed E-state index contributed by atoms with van der Waals surface area (Å²) < 4.78 is 2.10. The summed E-state index contributed by atoms with van der Waals surface area (Å²) in [6, 6.07) is 15.3. The molecule has 0 spiro atoms. The Balaban J connectivity index is 2.26. The number of nitrogens with zero attached hydrogens (tertiary/aromatic N) is 1. The number of aromatic nitrogens is 1. The maximum atomic E-state index is 6.42. The first kappa shape index (κ1) is 16.4. The lowest BCUT2D eigenvalue weighted by Gasteiger charge is -2.14. The van der Waals surface area contributed by atoms with Crippen LogP contribution in [0.15, 0.2) is 48.5 Å². The van der Waals surface area contributed by atoms with Gasteiger partial charge in [0, 0.05) is 22.3 Å². The zero-order valence-corrected chi connectivity index (χ0v) is 14.8. The van der Waals surface area contributed by atoms with Crippen molar-refractivity contribution < 1.29 is 0 Å². The van der Waals surface area contributed by atoms with Gasteiger partial charge in [0.2, 0.25) is 0 Å². The highest BCUT2D eigenvalue weighted by Crippen LogP contribution is 2.34. The van der Waals surface area contributed by atoms with Crippen LogP contribution in [0.4, 0.5) is 0 Å². The third-order valence-electron chi connectivity index (χ3n) is 3.86. The van der Waals surface area contributed by atoms with Gasteiger partial charge in [-0.15, -0.1) is 0 Å². The van der Waals surface area contributed by atoms with Crippen LogP contribution in [-0.4, -0.2) is 4.57 Å². The molecule has 0 bridgehead atoms. The summed E-state index contributed by atoms with van der Waals surface area (Å²) in [6.07, 6.45) is 0. The second kappa shape index (κ2) is 6.58. The van der Waals surface area contributed by atoms with Gasteiger partial charge in [-0.25, -0.2) is 0 Å². The largest absolute Gasteiger partial charge is 0.326 e. The average molecular weight is 366 g/mol. The van der Waals surface area contributed by atoms with E-state index in [0.29, 0.717) is 21.6 Å². The van der Waals surface area contributed by atoms with E-state index in [0.717, 1.165) is 28.2 Å². The molecule has 1 aromatic heterocycles. The second-order valence-electron chi connectivity index (χ2n) is 5.28. The molecule has 2 nitrogen and oxygen atoms in total. The molecule has 0 radical (unpaired) electrons. The lowest BCUT2D eigenvalue weighted by molar-refractivity contribution is 0.975. The number of halogens is 3. The number of benzene rings is 2. The molecule has 0 atom stereocenters. The molecule has 2 aromatic carbocycles. The van der Waals surface area contributed by atoms with Gasteiger partial charge in [-0.2, -0.15) is 0 Å². The van der Waals surface area contributed by atoms with Gasteiger partial charge in [-0.3, -0.25) is 0 Å². The fourth-order valence-electron chi connectivity index (χ4n) is 2.67. The Bertz CT molecular complexity index is 851. The summed E-state index contributed by atoms with van der Waals surface area (Å²) in [4.78, 5) is 0. The molecule has 3 rings (SSSR count). The highest BCUT2D eigenvalue weighted by Gasteiger charge is 2.16. The predicted molar refractivity (Wildman–Crippen MR) is 98.9 cm³/mol. The summed E-state index contributed by atoms with van der Waals surface area (Å²) >= 11 is 18.4. The molecule has 0 aliphatic carbocycles. The summed E-state index contributed by atoms with van der Waals surface area (Å²) in [5, 5.41) is 1.90. The van der Waals surface area contributed by atoms with Crippen molar-refractivity contribution in [2.24, 2.45) is 5.73 Å². The zero-order valence-electron chi connectivity index (χ0n) is 12.5. The molecule has 0 amide bonds. The van der Waals surface area contributed by atoms with Crippen molar-refractivity contribution in [1.29, 1.82) is 0 Å². The van der Waals surface area contributed by atoms with Crippen LogP contribution in [0.1, 0.15) is 11.3 Å². The molecule has 0 saturated heterocycles. The number of hydrogen-bond acceptors (Lipinski definition) is 1. The minimum absolute atomic E-state index is 0.463. The van der Waals surface area contributed by atoms with Crippen LogP contribution < -0.4 is 5.73 Å². The normalized spacial score (nSPS) is 11.0. The Morgan fingerprint density at radius 1 is 0.913 bits per heavy atom. The molecule has 0 aliphatic rings. The highest BCUT2D eigenvalue weighted by molar-refractivity contribution is 6.35. The molecule has 0 aliphatic heterocycles.